The van der Waals surface area contributed by atoms with Crippen molar-refractivity contribution in [2.24, 2.45) is 4.99 Å². The maximum absolute atomic E-state index is 11.6. The van der Waals surface area contributed by atoms with Crippen molar-refractivity contribution in [1.82, 2.24) is 0 Å². The Morgan fingerprint density at radius 3 is 2.26 bits per heavy atom. The minimum Gasteiger partial charge on any atom is -0.748 e. The van der Waals surface area contributed by atoms with Gasteiger partial charge in [0.15, 0.2) is 5.71 Å². The summed E-state index contributed by atoms with van der Waals surface area (Å²) in [6.45, 7) is 11.8. The molecule has 2 aliphatic rings. The van der Waals surface area contributed by atoms with Crippen LogP contribution in [0.2, 0.25) is 5.02 Å². The van der Waals surface area contributed by atoms with Gasteiger partial charge in [0, 0.05) is 18.0 Å². The molecule has 0 spiro atoms. The molecule has 0 aliphatic carbocycles. The topological polar surface area (TPSA) is 165 Å². The van der Waals surface area contributed by atoms with Crippen LogP contribution in [0.5, 0.6) is 0 Å². The van der Waals surface area contributed by atoms with Gasteiger partial charge in [0.05, 0.1) is 38.2 Å². The van der Waals surface area contributed by atoms with E-state index in [9.17, 15) is 22.9 Å². The van der Waals surface area contributed by atoms with Gasteiger partial charge in [-0.25, -0.2) is 17.8 Å². The number of nitrogens with zero attached hydrogens (tertiary/aromatic N) is 3. The van der Waals surface area contributed by atoms with Crippen LogP contribution in [0.3, 0.4) is 0 Å². The molecule has 0 amide bonds. The SMILES string of the molecule is CCCC[n+]1cc(Cl)cc2c1N=C(/C=C/C(=C/C=C1/N(CCCS(=O)(=O)[O-])c3cc[c-]cc3C1(C)C)c1ccc(C(=O)O)cc1)C2(C)C.O=S(=O)=O.[Na+].[Na+]. The third-order valence-corrected chi connectivity index (χ3v) is 10.2. The number of pyridine rings is 1. The van der Waals surface area contributed by atoms with Crippen molar-refractivity contribution in [3.05, 3.63) is 118 Å². The Hall–Kier alpha value is -2.43. The van der Waals surface area contributed by atoms with Crippen molar-refractivity contribution in [1.29, 1.82) is 0 Å². The second-order valence-electron chi connectivity index (χ2n) is 13.5. The number of fused-ring (bicyclic) bond motifs is 2. The van der Waals surface area contributed by atoms with Crippen molar-refractivity contribution >= 4 is 61.1 Å². The number of aryl methyl sites for hydroxylation is 1. The first-order valence-corrected chi connectivity index (χ1v) is 19.6. The van der Waals surface area contributed by atoms with Crippen LogP contribution < -0.4 is 68.6 Å². The Bertz CT molecular complexity index is 2200. The van der Waals surface area contributed by atoms with Crippen LogP contribution in [0.1, 0.15) is 80.9 Å². The molecule has 5 rings (SSSR count). The van der Waals surface area contributed by atoms with Gasteiger partial charge in [-0.2, -0.15) is 18.2 Å². The first-order valence-electron chi connectivity index (χ1n) is 16.6. The van der Waals surface area contributed by atoms with Gasteiger partial charge in [-0.1, -0.05) is 68.8 Å². The molecule has 1 aromatic heterocycles. The molecule has 0 fully saturated rings. The van der Waals surface area contributed by atoms with E-state index in [2.05, 4.69) is 50.2 Å². The van der Waals surface area contributed by atoms with Crippen molar-refractivity contribution in [2.45, 2.75) is 71.3 Å². The van der Waals surface area contributed by atoms with Crippen molar-refractivity contribution in [3.63, 3.8) is 0 Å². The summed E-state index contributed by atoms with van der Waals surface area (Å²) in [7, 11) is -7.46. The van der Waals surface area contributed by atoms with Gasteiger partial charge < -0.3 is 14.6 Å². The second-order valence-corrected chi connectivity index (χ2v) is 15.9. The van der Waals surface area contributed by atoms with E-state index in [1.54, 1.807) is 24.3 Å². The van der Waals surface area contributed by atoms with E-state index in [0.717, 1.165) is 64.6 Å². The van der Waals surface area contributed by atoms with Gasteiger partial charge in [-0.05, 0) is 78.6 Å². The molecule has 11 nitrogen and oxygen atoms in total. The van der Waals surface area contributed by atoms with Gasteiger partial charge >= 0.3 is 81.5 Å². The van der Waals surface area contributed by atoms with Crippen LogP contribution in [0.15, 0.2) is 89.7 Å². The number of aromatic carboxylic acids is 1. The molecular weight excluding hydrogens is 772 g/mol. The normalized spacial score (nSPS) is 16.1. The average Bonchev–Trinajstić information content (AvgIpc) is 3.44. The predicted octanol–water partition coefficient (Wildman–Crippen LogP) is 0.550. The predicted molar refractivity (Wildman–Crippen MR) is 200 cm³/mol. The van der Waals surface area contributed by atoms with Crippen LogP contribution >= 0.6 is 11.6 Å². The van der Waals surface area contributed by atoms with Crippen molar-refractivity contribution in [2.75, 3.05) is 17.2 Å². The summed E-state index contributed by atoms with van der Waals surface area (Å²) in [6.07, 6.45) is 12.2. The van der Waals surface area contributed by atoms with E-state index in [0.29, 0.717) is 11.6 Å². The number of rotatable bonds is 12. The molecule has 1 N–H and O–H groups in total. The van der Waals surface area contributed by atoms with Crippen molar-refractivity contribution < 1.29 is 99.2 Å². The van der Waals surface area contributed by atoms with Crippen LogP contribution in [0.4, 0.5) is 11.5 Å². The fourth-order valence-corrected chi connectivity index (χ4v) is 7.13. The first kappa shape index (κ1) is 47.7. The number of carboxylic acid groups (broad SMARTS) is 1. The largest absolute Gasteiger partial charge is 1.00 e. The summed E-state index contributed by atoms with van der Waals surface area (Å²) < 4.78 is 61.7. The number of anilines is 1. The number of aromatic nitrogens is 1. The number of hydrogen-bond acceptors (Lipinski definition) is 9. The summed E-state index contributed by atoms with van der Waals surface area (Å²) in [6, 6.07) is 17.6. The molecule has 3 heterocycles. The molecule has 0 saturated carbocycles. The van der Waals surface area contributed by atoms with Crippen molar-refractivity contribution in [3.8, 4) is 0 Å². The standard InChI is InChI=1S/C38H42ClN3O5S.2Na.O3S/c1-6-7-21-41-25-29(39)24-31-35(41)40-33(37(31,2)3)19-17-27(26-13-15-28(16-14-26)36(43)44)18-20-34-38(4,5)30-11-8-9-12-32(30)42(34)22-10-23-48(45,46)47;;;1-4(2)3/h9,11-20,24-25H,6-7,10,21-23H2,1-5H3,(H,43,44)(H,45,46,47);;;/q;2*+1;/p-1. The van der Waals surface area contributed by atoms with Crippen LogP contribution in [0.25, 0.3) is 5.57 Å². The molecule has 2 aromatic carbocycles. The second kappa shape index (κ2) is 20.1. The summed E-state index contributed by atoms with van der Waals surface area (Å²) >= 11 is 6.55. The zero-order valence-corrected chi connectivity index (χ0v) is 38.0. The van der Waals surface area contributed by atoms with E-state index >= 15 is 0 Å². The maximum Gasteiger partial charge on any atom is 1.00 e. The fraction of sp³-hybridized carbons (Fsp3) is 0.342. The molecule has 276 valence electrons. The Morgan fingerprint density at radius 2 is 1.67 bits per heavy atom. The Kier molecular flexibility index (Phi) is 17.8. The number of carbonyl (C=O) groups is 1. The minimum absolute atomic E-state index is 0. The van der Waals surface area contributed by atoms with Gasteiger partial charge in [0.2, 0.25) is 0 Å². The molecule has 2 aliphatic heterocycles. The molecule has 0 saturated heterocycles. The Labute approximate surface area is 368 Å². The third-order valence-electron chi connectivity index (χ3n) is 9.19. The third kappa shape index (κ3) is 11.8. The van der Waals surface area contributed by atoms with Gasteiger partial charge in [0.1, 0.15) is 6.20 Å². The number of carboxylic acids is 1. The van der Waals surface area contributed by atoms with E-state index in [-0.39, 0.29) is 71.1 Å². The average molecular weight is 813 g/mol. The first-order chi connectivity index (χ1) is 24.4. The summed E-state index contributed by atoms with van der Waals surface area (Å²) in [4.78, 5) is 18.8. The smallest absolute Gasteiger partial charge is 0.748 e. The molecule has 54 heavy (non-hydrogen) atoms. The number of benzene rings is 2. The monoisotopic (exact) mass is 812 g/mol. The molecular formula is C38H41ClN3Na2O8S2+. The number of halogens is 1. The van der Waals surface area contributed by atoms with E-state index in [1.807, 2.05) is 54.8 Å². The molecule has 0 radical (unpaired) electrons. The number of unbranched alkanes of at least 4 members (excludes halogenated alkanes) is 1. The Morgan fingerprint density at radius 1 is 1.04 bits per heavy atom. The minimum atomic E-state index is -4.35. The van der Waals surface area contributed by atoms with Gasteiger partial charge in [-0.15, -0.1) is 24.3 Å². The van der Waals surface area contributed by atoms with E-state index in [4.69, 9.17) is 29.2 Å². The van der Waals surface area contributed by atoms with Gasteiger partial charge in [-0.3, -0.25) is 0 Å². The van der Waals surface area contributed by atoms with E-state index in [1.165, 1.54) is 0 Å². The van der Waals surface area contributed by atoms with Crippen LogP contribution in [-0.4, -0.2) is 54.7 Å². The van der Waals surface area contributed by atoms with Gasteiger partial charge in [0.25, 0.3) is 0 Å². The summed E-state index contributed by atoms with van der Waals surface area (Å²) in [5.41, 5.74) is 5.84. The summed E-state index contributed by atoms with van der Waals surface area (Å²) in [5, 5.41) is 10.2. The Balaban J connectivity index is 0.00000160. The molecule has 16 heteroatoms. The van der Waals surface area contributed by atoms with E-state index < -0.39 is 43.3 Å². The fourth-order valence-electron chi connectivity index (χ4n) is 6.42. The molecule has 0 bridgehead atoms. The number of aliphatic imine (C=N–C) groups is 1. The quantitative estimate of drug-likeness (QED) is 0.0905. The summed E-state index contributed by atoms with van der Waals surface area (Å²) in [5.74, 6) is -0.554. The molecule has 0 unspecified atom stereocenters. The maximum atomic E-state index is 11.6. The van der Waals surface area contributed by atoms with Crippen LogP contribution in [0, 0.1) is 6.07 Å². The molecule has 3 aromatic rings. The zero-order chi connectivity index (χ0) is 38.4. The molecule has 0 atom stereocenters. The van der Waals surface area contributed by atoms with Crippen LogP contribution in [-0.2, 0) is 38.1 Å². The zero-order valence-electron chi connectivity index (χ0n) is 31.6. The number of hydrogen-bond donors (Lipinski definition) is 1. The number of allylic oxidation sites excluding steroid dienone is 6.